The highest BCUT2D eigenvalue weighted by atomic mass is 32.2. The van der Waals surface area contributed by atoms with E-state index in [1.54, 1.807) is 17.4 Å². The summed E-state index contributed by atoms with van der Waals surface area (Å²) in [5.74, 6) is 0. The number of morpholine rings is 1. The summed E-state index contributed by atoms with van der Waals surface area (Å²) >= 11 is 0. The number of sulfonamides is 1. The van der Waals surface area contributed by atoms with Gasteiger partial charge in [0.05, 0.1) is 18.9 Å². The Morgan fingerprint density at radius 1 is 1.35 bits per heavy atom. The summed E-state index contributed by atoms with van der Waals surface area (Å²) in [7, 11) is 0.205. The summed E-state index contributed by atoms with van der Waals surface area (Å²) in [4.78, 5) is 2.19. The van der Waals surface area contributed by atoms with Crippen molar-refractivity contribution < 1.29 is 13.2 Å². The van der Waals surface area contributed by atoms with Crippen LogP contribution in [0.15, 0.2) is 17.3 Å². The Morgan fingerprint density at radius 3 is 2.85 bits per heavy atom. The van der Waals surface area contributed by atoms with E-state index in [0.29, 0.717) is 13.1 Å². The Hall–Kier alpha value is -0.960. The number of ether oxygens (including phenoxy) is 1. The molecule has 2 atom stereocenters. The van der Waals surface area contributed by atoms with Crippen LogP contribution in [0.2, 0.25) is 0 Å². The maximum Gasteiger partial charge on any atom is 0.260 e. The molecule has 0 radical (unpaired) electrons. The average Bonchev–Trinajstić information content (AvgIpc) is 2.86. The third-order valence-corrected chi connectivity index (χ3v) is 6.15. The van der Waals surface area contributed by atoms with Crippen LogP contribution < -0.4 is 0 Å². The van der Waals surface area contributed by atoms with Crippen LogP contribution in [-0.4, -0.2) is 72.8 Å². The highest BCUT2D eigenvalue weighted by Crippen LogP contribution is 2.26. The number of aryl methyl sites for hydroxylation is 1. The second kappa shape index (κ2) is 5.10. The predicted octanol–water partition coefficient (Wildman–Crippen LogP) is -0.486. The van der Waals surface area contributed by atoms with Crippen molar-refractivity contribution in [1.82, 2.24) is 19.0 Å². The van der Waals surface area contributed by atoms with E-state index < -0.39 is 10.0 Å². The lowest BCUT2D eigenvalue weighted by Crippen LogP contribution is -2.59. The van der Waals surface area contributed by atoms with Crippen molar-refractivity contribution in [3.63, 3.8) is 0 Å². The second-order valence-electron chi connectivity index (χ2n) is 5.40. The normalized spacial score (nSPS) is 29.3. The van der Waals surface area contributed by atoms with Crippen molar-refractivity contribution in [2.45, 2.75) is 23.6 Å². The number of hydrogen-bond acceptors (Lipinski definition) is 5. The minimum atomic E-state index is -3.47. The molecule has 0 aliphatic carbocycles. The molecule has 0 saturated carbocycles. The van der Waals surface area contributed by atoms with Crippen LogP contribution in [-0.2, 0) is 21.8 Å². The molecule has 0 N–H and O–H groups in total. The van der Waals surface area contributed by atoms with Crippen LogP contribution in [0.5, 0.6) is 0 Å². The zero-order valence-electron chi connectivity index (χ0n) is 11.8. The first kappa shape index (κ1) is 14.0. The number of aromatic nitrogens is 2. The minimum absolute atomic E-state index is 0.139. The fourth-order valence-corrected chi connectivity index (χ4v) is 4.55. The van der Waals surface area contributed by atoms with Crippen molar-refractivity contribution in [1.29, 1.82) is 0 Å². The molecule has 2 saturated heterocycles. The van der Waals surface area contributed by atoms with E-state index in [1.165, 1.54) is 10.9 Å². The Morgan fingerprint density at radius 2 is 2.15 bits per heavy atom. The zero-order chi connectivity index (χ0) is 14.3. The van der Waals surface area contributed by atoms with Gasteiger partial charge in [0, 0.05) is 32.7 Å². The summed E-state index contributed by atoms with van der Waals surface area (Å²) < 4.78 is 34.0. The molecular formula is C12H20N4O3S. The standard InChI is InChI=1S/C12H20N4O3S/c1-14-7-8-19-11-4-6-16(9-10(11)14)20(17,18)12-3-5-13-15(12)2/h3,5,10-11H,4,6-9H2,1-2H3/t10-,11-/m1/s1. The maximum absolute atomic E-state index is 12.7. The molecular weight excluding hydrogens is 280 g/mol. The summed E-state index contributed by atoms with van der Waals surface area (Å²) in [5, 5.41) is 4.20. The largest absolute Gasteiger partial charge is 0.375 e. The van der Waals surface area contributed by atoms with E-state index in [4.69, 9.17) is 4.74 Å². The molecule has 2 aliphatic rings. The average molecular weight is 300 g/mol. The summed E-state index contributed by atoms with van der Waals surface area (Å²) in [6.45, 7) is 2.56. The van der Waals surface area contributed by atoms with E-state index in [2.05, 4.69) is 10.00 Å². The third-order valence-electron chi connectivity index (χ3n) is 4.21. The first-order valence-electron chi connectivity index (χ1n) is 6.80. The molecule has 1 aromatic heterocycles. The van der Waals surface area contributed by atoms with Crippen LogP contribution in [0.25, 0.3) is 0 Å². The fraction of sp³-hybridized carbons (Fsp3) is 0.750. The van der Waals surface area contributed by atoms with Crippen molar-refractivity contribution >= 4 is 10.0 Å². The topological polar surface area (TPSA) is 67.7 Å². The molecule has 1 aromatic rings. The molecule has 0 unspecified atom stereocenters. The van der Waals surface area contributed by atoms with Crippen LogP contribution in [0.4, 0.5) is 0 Å². The molecule has 2 aliphatic heterocycles. The summed E-state index contributed by atoms with van der Waals surface area (Å²) in [6.07, 6.45) is 2.40. The molecule has 3 rings (SSSR count). The highest BCUT2D eigenvalue weighted by molar-refractivity contribution is 7.89. The van der Waals surface area contributed by atoms with Crippen molar-refractivity contribution in [3.8, 4) is 0 Å². The van der Waals surface area contributed by atoms with Gasteiger partial charge in [-0.2, -0.15) is 9.40 Å². The van der Waals surface area contributed by atoms with Gasteiger partial charge in [-0.1, -0.05) is 0 Å². The molecule has 0 amide bonds. The molecule has 20 heavy (non-hydrogen) atoms. The van der Waals surface area contributed by atoms with E-state index >= 15 is 0 Å². The lowest BCUT2D eigenvalue weighted by Gasteiger charge is -2.45. The molecule has 7 nitrogen and oxygen atoms in total. The van der Waals surface area contributed by atoms with Gasteiger partial charge in [0.15, 0.2) is 5.03 Å². The van der Waals surface area contributed by atoms with Crippen LogP contribution in [0.3, 0.4) is 0 Å². The first-order chi connectivity index (χ1) is 9.50. The Bertz CT molecular complexity index is 585. The van der Waals surface area contributed by atoms with Gasteiger partial charge in [0.25, 0.3) is 10.0 Å². The van der Waals surface area contributed by atoms with Gasteiger partial charge < -0.3 is 4.74 Å². The number of rotatable bonds is 2. The first-order valence-corrected chi connectivity index (χ1v) is 8.24. The highest BCUT2D eigenvalue weighted by Gasteiger charge is 2.40. The van der Waals surface area contributed by atoms with Gasteiger partial charge in [-0.25, -0.2) is 8.42 Å². The number of fused-ring (bicyclic) bond motifs is 1. The molecule has 0 bridgehead atoms. The van der Waals surface area contributed by atoms with Gasteiger partial charge in [0.2, 0.25) is 0 Å². The van der Waals surface area contributed by atoms with Gasteiger partial charge >= 0.3 is 0 Å². The second-order valence-corrected chi connectivity index (χ2v) is 7.29. The lowest BCUT2D eigenvalue weighted by molar-refractivity contribution is -0.0840. The van der Waals surface area contributed by atoms with Crippen molar-refractivity contribution in [2.75, 3.05) is 33.3 Å². The van der Waals surface area contributed by atoms with Gasteiger partial charge in [-0.3, -0.25) is 9.58 Å². The van der Waals surface area contributed by atoms with Crippen LogP contribution >= 0.6 is 0 Å². The lowest BCUT2D eigenvalue weighted by atomic mass is 10.0. The van der Waals surface area contributed by atoms with Gasteiger partial charge in [-0.15, -0.1) is 0 Å². The van der Waals surface area contributed by atoms with E-state index in [9.17, 15) is 8.42 Å². The smallest absolute Gasteiger partial charge is 0.260 e. The fourth-order valence-electron chi connectivity index (χ4n) is 2.98. The molecule has 3 heterocycles. The Balaban J connectivity index is 1.83. The minimum Gasteiger partial charge on any atom is -0.375 e. The molecule has 2 fully saturated rings. The maximum atomic E-state index is 12.7. The zero-order valence-corrected chi connectivity index (χ0v) is 12.6. The number of likely N-dealkylation sites (N-methyl/N-ethyl adjacent to an activating group) is 1. The summed E-state index contributed by atoms with van der Waals surface area (Å²) in [5.41, 5.74) is 0. The molecule has 8 heteroatoms. The van der Waals surface area contributed by atoms with E-state index in [-0.39, 0.29) is 17.2 Å². The predicted molar refractivity (Wildman–Crippen MR) is 72.7 cm³/mol. The van der Waals surface area contributed by atoms with E-state index in [0.717, 1.165) is 19.6 Å². The molecule has 0 spiro atoms. The van der Waals surface area contributed by atoms with Gasteiger partial charge in [0.1, 0.15) is 0 Å². The van der Waals surface area contributed by atoms with E-state index in [1.807, 2.05) is 7.05 Å². The Kier molecular flexibility index (Phi) is 3.57. The van der Waals surface area contributed by atoms with Crippen LogP contribution in [0.1, 0.15) is 6.42 Å². The monoisotopic (exact) mass is 300 g/mol. The number of nitrogens with zero attached hydrogens (tertiary/aromatic N) is 4. The van der Waals surface area contributed by atoms with Gasteiger partial charge in [-0.05, 0) is 19.5 Å². The molecule has 112 valence electrons. The summed E-state index contributed by atoms with van der Waals surface area (Å²) in [6, 6.07) is 1.68. The SMILES string of the molecule is CN1CCO[C@@H]2CCN(S(=O)(=O)c3ccnn3C)C[C@H]21. The number of hydrogen-bond donors (Lipinski definition) is 0. The Labute approximate surface area is 119 Å². The third kappa shape index (κ3) is 2.26. The van der Waals surface area contributed by atoms with Crippen LogP contribution in [0, 0.1) is 0 Å². The number of piperidine rings is 1. The van der Waals surface area contributed by atoms with Crippen molar-refractivity contribution in [3.05, 3.63) is 12.3 Å². The quantitative estimate of drug-likeness (QED) is 0.737. The molecule has 0 aromatic carbocycles. The van der Waals surface area contributed by atoms with Crippen molar-refractivity contribution in [2.24, 2.45) is 7.05 Å².